The van der Waals surface area contributed by atoms with Crippen LogP contribution in [0.1, 0.15) is 90.0 Å². The Labute approximate surface area is 584 Å². The molecule has 0 spiro atoms. The van der Waals surface area contributed by atoms with Crippen LogP contribution in [0.5, 0.6) is 0 Å². The lowest BCUT2D eigenvalue weighted by atomic mass is 10.1. The molecule has 97 heavy (non-hydrogen) atoms. The molecule has 0 aliphatic carbocycles. The Morgan fingerprint density at radius 2 is 0.794 bits per heavy atom. The summed E-state index contributed by atoms with van der Waals surface area (Å²) in [6, 6.07) is 28.5. The highest BCUT2D eigenvalue weighted by Gasteiger charge is 2.20. The van der Waals surface area contributed by atoms with Gasteiger partial charge in [-0.2, -0.15) is 0 Å². The lowest BCUT2D eigenvalue weighted by Gasteiger charge is -2.03. The molecule has 0 saturated carbocycles. The van der Waals surface area contributed by atoms with Gasteiger partial charge in [-0.15, -0.1) is 43.0 Å². The number of nitrogens with one attached hydrogen (secondary N) is 5. The van der Waals surface area contributed by atoms with Crippen molar-refractivity contribution >= 4 is 166 Å². The third kappa shape index (κ3) is 17.1. The van der Waals surface area contributed by atoms with E-state index in [1.54, 1.807) is 62.7 Å². The zero-order chi connectivity index (χ0) is 66.8. The minimum atomic E-state index is -0.615. The number of hydrogen-bond acceptors (Lipinski definition) is 20. The number of fused-ring (bicyclic) bond motifs is 6. The second kappa shape index (κ2) is 31.1. The number of H-pyrrole nitrogens is 3. The number of benzene rings is 3. The first-order valence-corrected chi connectivity index (χ1v) is 31.2. The van der Waals surface area contributed by atoms with Crippen molar-refractivity contribution in [2.24, 2.45) is 5.73 Å². The number of rotatable bonds is 15. The van der Waals surface area contributed by atoms with Gasteiger partial charge in [0, 0.05) is 108 Å². The van der Waals surface area contributed by atoms with Crippen molar-refractivity contribution < 1.29 is 32.4 Å². The van der Waals surface area contributed by atoms with Crippen molar-refractivity contribution in [3.63, 3.8) is 0 Å². The fourth-order valence-corrected chi connectivity index (χ4v) is 10.7. The molecule has 15 aromatic rings. The summed E-state index contributed by atoms with van der Waals surface area (Å²) in [6.07, 6.45) is 16.1. The molecule has 0 aliphatic rings. The molecule has 12 aromatic heterocycles. The standard InChI is InChI=1S/2C21H14Cl2N6O2.C15H12ClN3O3.C8H8ClN3.ClH/c2*22-14-6-13-3-11(1-2-17(13)24-9-14)5-18-28-29-21(31-18)20(30)27-8-12-4-15-16(23)10-26-19(15)25-7-12;1-2-21-15(20)14-19-18-13(22-14)6-9-3-4-12-10(5-9)7-11(16)8-17-12;9-7-4-12-8-6(7)1-5(2-10)3-11-8;/h2*1-4,6-7,9-10H,5,8H2,(H,25,26)(H,27,30);3-5,7-8H,2,6H2,1H3;1,3-4H,2,10H2,(H,11,12);1H. The molecule has 0 aliphatic heterocycles. The van der Waals surface area contributed by atoms with E-state index in [0.29, 0.717) is 84.9 Å². The Bertz CT molecular complexity index is 5130. The van der Waals surface area contributed by atoms with E-state index in [9.17, 15) is 14.4 Å². The van der Waals surface area contributed by atoms with Gasteiger partial charge in [0.2, 0.25) is 17.7 Å². The fraction of sp³-hybridized carbons (Fsp3) is 0.123. The monoisotopic (exact) mass is 1440 g/mol. The number of amides is 2. The fourth-order valence-electron chi connectivity index (χ4n) is 9.61. The highest BCUT2D eigenvalue weighted by Crippen LogP contribution is 2.27. The van der Waals surface area contributed by atoms with E-state index in [0.717, 1.165) is 87.9 Å². The molecule has 0 bridgehead atoms. The maximum atomic E-state index is 12.4. The second-order valence-electron chi connectivity index (χ2n) is 21.0. The van der Waals surface area contributed by atoms with Crippen LogP contribution in [0, 0.1) is 0 Å². The van der Waals surface area contributed by atoms with Crippen LogP contribution in [0.25, 0.3) is 65.8 Å². The summed E-state index contributed by atoms with van der Waals surface area (Å²) >= 11 is 36.1. The number of nitrogens with two attached hydrogens (primary N) is 1. The molecule has 3 aromatic carbocycles. The van der Waals surface area contributed by atoms with Crippen LogP contribution in [-0.2, 0) is 43.6 Å². The number of carbonyl (C=O) groups is 3. The normalized spacial score (nSPS) is 11.0. The van der Waals surface area contributed by atoms with Gasteiger partial charge in [0.05, 0.1) is 72.6 Å². The molecule has 7 N–H and O–H groups in total. The van der Waals surface area contributed by atoms with Crippen LogP contribution in [0.2, 0.25) is 30.1 Å². The molecule has 0 saturated heterocycles. The van der Waals surface area contributed by atoms with Gasteiger partial charge in [-0.25, -0.2) is 19.7 Å². The number of pyridine rings is 6. The van der Waals surface area contributed by atoms with Gasteiger partial charge in [0.25, 0.3) is 0 Å². The number of aromatic nitrogens is 15. The van der Waals surface area contributed by atoms with Crippen molar-refractivity contribution in [1.82, 2.24) is 86.1 Å². The van der Waals surface area contributed by atoms with Crippen molar-refractivity contribution in [3.05, 3.63) is 246 Å². The second-order valence-corrected chi connectivity index (χ2v) is 23.5. The van der Waals surface area contributed by atoms with Crippen molar-refractivity contribution in [2.45, 2.75) is 45.8 Å². The Hall–Kier alpha value is -10.2. The van der Waals surface area contributed by atoms with E-state index in [1.807, 2.05) is 91.0 Å². The largest absolute Gasteiger partial charge is 0.459 e. The SMILES string of the molecule is CCOC(=O)c1nnc(Cc2ccc3ncc(Cl)cc3c2)o1.Cl.NCc1cnc2[nH]cc(Cl)c2c1.O=C(NCc1cnc2[nH]cc(Cl)c2c1)c1nnc(Cc2ccc3ncc(Cl)cc3c2)o1.O=C(NCc1cnc2[nH]cc(Cl)c2c1)c1nnc(Cc2ccc3ncc(Cl)cc3c2)o1. The molecule has 2 amide bonds. The lowest BCUT2D eigenvalue weighted by Crippen LogP contribution is -2.23. The molecule has 0 atom stereocenters. The average molecular weight is 1440 g/mol. The molecule has 15 rings (SSSR count). The zero-order valence-corrected chi connectivity index (χ0v) is 55.6. The average Bonchev–Trinajstić information content (AvgIpc) is 1.84. The van der Waals surface area contributed by atoms with Crippen molar-refractivity contribution in [2.75, 3.05) is 6.61 Å². The summed E-state index contributed by atoms with van der Waals surface area (Å²) in [4.78, 5) is 70.6. The molecule has 25 nitrogen and oxygen atoms in total. The van der Waals surface area contributed by atoms with Crippen LogP contribution in [-0.4, -0.2) is 99.8 Å². The minimum absolute atomic E-state index is 0. The molecule has 12 heterocycles. The lowest BCUT2D eigenvalue weighted by molar-refractivity contribution is 0.0478. The summed E-state index contributed by atoms with van der Waals surface area (Å²) in [6.45, 7) is 2.96. The van der Waals surface area contributed by atoms with Crippen LogP contribution >= 0.6 is 82.0 Å². The highest BCUT2D eigenvalue weighted by atomic mass is 35.5. The summed E-state index contributed by atoms with van der Waals surface area (Å²) in [7, 11) is 0. The quantitative estimate of drug-likeness (QED) is 0.0519. The van der Waals surface area contributed by atoms with Gasteiger partial charge >= 0.3 is 35.5 Å². The van der Waals surface area contributed by atoms with Gasteiger partial charge < -0.3 is 49.3 Å². The zero-order valence-electron chi connectivity index (χ0n) is 50.3. The van der Waals surface area contributed by atoms with Crippen LogP contribution in [0.4, 0.5) is 0 Å². The van der Waals surface area contributed by atoms with Gasteiger partial charge in [-0.05, 0) is 113 Å². The number of carbonyl (C=O) groups excluding carboxylic acids is 3. The van der Waals surface area contributed by atoms with E-state index in [2.05, 4.69) is 86.1 Å². The van der Waals surface area contributed by atoms with Gasteiger partial charge in [0.1, 0.15) is 16.9 Å². The molecule has 0 fully saturated rings. The third-order valence-corrected chi connectivity index (χ3v) is 15.8. The Balaban J connectivity index is 0.000000137. The topological polar surface area (TPSA) is 352 Å². The van der Waals surface area contributed by atoms with Crippen LogP contribution < -0.4 is 16.4 Å². The van der Waals surface area contributed by atoms with Gasteiger partial charge in [0.15, 0.2) is 0 Å². The highest BCUT2D eigenvalue weighted by molar-refractivity contribution is 6.36. The van der Waals surface area contributed by atoms with Gasteiger partial charge in [-0.1, -0.05) is 87.8 Å². The first kappa shape index (κ1) is 68.2. The maximum Gasteiger partial charge on any atom is 0.396 e. The molecule has 0 radical (unpaired) electrons. The predicted octanol–water partition coefficient (Wildman–Crippen LogP) is 13.8. The minimum Gasteiger partial charge on any atom is -0.459 e. The maximum absolute atomic E-state index is 12.4. The van der Waals surface area contributed by atoms with Crippen LogP contribution in [0.15, 0.2) is 160 Å². The Morgan fingerprint density at radius 3 is 1.16 bits per heavy atom. The summed E-state index contributed by atoms with van der Waals surface area (Å²) in [5, 5.41) is 37.5. The third-order valence-electron chi connectivity index (χ3n) is 14.2. The molecular formula is C65H49Cl7N18O7. The number of halogens is 7. The number of aromatic amines is 3. The number of ether oxygens (including phenoxy) is 1. The van der Waals surface area contributed by atoms with E-state index in [1.165, 1.54) is 0 Å². The Morgan fingerprint density at radius 1 is 0.443 bits per heavy atom. The molecular weight excluding hydrogens is 1390 g/mol. The Kier molecular flexibility index (Phi) is 21.9. The van der Waals surface area contributed by atoms with Crippen molar-refractivity contribution in [1.29, 1.82) is 0 Å². The summed E-state index contributed by atoms with van der Waals surface area (Å²) < 4.78 is 21.2. The van der Waals surface area contributed by atoms with E-state index in [-0.39, 0.29) is 49.8 Å². The molecule has 490 valence electrons. The molecule has 0 unspecified atom stereocenters. The van der Waals surface area contributed by atoms with Gasteiger partial charge in [-0.3, -0.25) is 24.5 Å². The summed E-state index contributed by atoms with van der Waals surface area (Å²) in [5.41, 5.74) is 15.6. The number of esters is 1. The first-order chi connectivity index (χ1) is 46.6. The van der Waals surface area contributed by atoms with Crippen LogP contribution in [0.3, 0.4) is 0 Å². The van der Waals surface area contributed by atoms with E-state index >= 15 is 0 Å². The number of nitrogens with zero attached hydrogens (tertiary/aromatic N) is 12. The summed E-state index contributed by atoms with van der Waals surface area (Å²) in [5.74, 6) is -0.871. The predicted molar refractivity (Wildman–Crippen MR) is 368 cm³/mol. The first-order valence-electron chi connectivity index (χ1n) is 28.9. The molecule has 32 heteroatoms. The smallest absolute Gasteiger partial charge is 0.396 e. The van der Waals surface area contributed by atoms with E-state index < -0.39 is 17.8 Å². The van der Waals surface area contributed by atoms with Crippen molar-refractivity contribution in [3.8, 4) is 0 Å². The number of hydrogen-bond donors (Lipinski definition) is 6. The van der Waals surface area contributed by atoms with E-state index in [4.69, 9.17) is 93.3 Å².